The zero-order valence-corrected chi connectivity index (χ0v) is 16.5. The number of benzene rings is 1. The minimum absolute atomic E-state index is 0.0841. The summed E-state index contributed by atoms with van der Waals surface area (Å²) in [4.78, 5) is 17.6. The molecule has 1 unspecified atom stereocenters. The maximum Gasteiger partial charge on any atom is 0.256 e. The third kappa shape index (κ3) is 4.19. The normalized spacial score (nSPS) is 17.6. The molecular formula is C18H23N3O5S. The minimum atomic E-state index is -3.56. The van der Waals surface area contributed by atoms with Crippen molar-refractivity contribution in [1.29, 1.82) is 5.41 Å². The summed E-state index contributed by atoms with van der Waals surface area (Å²) in [6.07, 6.45) is 1.69. The average Bonchev–Trinajstić information content (AvgIpc) is 3.00. The van der Waals surface area contributed by atoms with Crippen molar-refractivity contribution in [3.05, 3.63) is 34.4 Å². The molecule has 0 saturated heterocycles. The number of rotatable bonds is 6. The van der Waals surface area contributed by atoms with Crippen LogP contribution in [0, 0.1) is 12.3 Å². The van der Waals surface area contributed by atoms with Crippen molar-refractivity contribution in [1.82, 2.24) is 5.32 Å². The first-order valence-corrected chi connectivity index (χ1v) is 10.3. The fourth-order valence-corrected chi connectivity index (χ4v) is 3.98. The molecule has 8 nitrogen and oxygen atoms in total. The molecule has 1 heterocycles. The number of aliphatic hydroxyl groups excluding tert-OH is 1. The van der Waals surface area contributed by atoms with Crippen LogP contribution in [-0.2, 0) is 19.5 Å². The summed E-state index contributed by atoms with van der Waals surface area (Å²) < 4.78 is 24.5. The summed E-state index contributed by atoms with van der Waals surface area (Å²) in [5.74, 6) is -0.986. The van der Waals surface area contributed by atoms with E-state index in [1.165, 1.54) is 12.1 Å². The quantitative estimate of drug-likeness (QED) is 0.388. The van der Waals surface area contributed by atoms with Gasteiger partial charge in [0.2, 0.25) is 0 Å². The third-order valence-corrected chi connectivity index (χ3v) is 5.40. The van der Waals surface area contributed by atoms with Gasteiger partial charge >= 0.3 is 0 Å². The highest BCUT2D eigenvalue weighted by Crippen LogP contribution is 2.37. The maximum atomic E-state index is 12.2. The summed E-state index contributed by atoms with van der Waals surface area (Å²) >= 11 is 0. The van der Waals surface area contributed by atoms with Crippen LogP contribution in [-0.4, -0.2) is 44.2 Å². The lowest BCUT2D eigenvalue weighted by Gasteiger charge is -2.19. The lowest BCUT2D eigenvalue weighted by Crippen LogP contribution is -2.26. The smallest absolute Gasteiger partial charge is 0.256 e. The minimum Gasteiger partial charge on any atom is -0.506 e. The number of nitrogens with one attached hydrogen (secondary N) is 2. The Morgan fingerprint density at radius 1 is 1.44 bits per heavy atom. The van der Waals surface area contributed by atoms with Gasteiger partial charge in [0, 0.05) is 36.6 Å². The molecule has 1 atom stereocenters. The summed E-state index contributed by atoms with van der Waals surface area (Å²) in [5, 5.41) is 24.5. The van der Waals surface area contributed by atoms with Gasteiger partial charge in [0.05, 0.1) is 16.2 Å². The summed E-state index contributed by atoms with van der Waals surface area (Å²) in [6, 6.07) is 2.80. The molecule has 0 radical (unpaired) electrons. The molecule has 1 aromatic carbocycles. The van der Waals surface area contributed by atoms with Crippen molar-refractivity contribution in [2.24, 2.45) is 5.16 Å². The molecule has 1 aliphatic heterocycles. The first kappa shape index (κ1) is 20.6. The zero-order chi connectivity index (χ0) is 20.4. The van der Waals surface area contributed by atoms with E-state index in [2.05, 4.69) is 10.5 Å². The molecule has 0 bridgehead atoms. The molecule has 1 aliphatic rings. The molecule has 27 heavy (non-hydrogen) atoms. The second kappa shape index (κ2) is 7.91. The Balaban J connectivity index is 2.70. The van der Waals surface area contributed by atoms with Crippen molar-refractivity contribution in [3.63, 3.8) is 0 Å². The maximum absolute atomic E-state index is 12.2. The largest absolute Gasteiger partial charge is 0.506 e. The van der Waals surface area contributed by atoms with Gasteiger partial charge in [-0.2, -0.15) is 0 Å². The van der Waals surface area contributed by atoms with Crippen molar-refractivity contribution in [3.8, 4) is 0 Å². The molecule has 2 rings (SSSR count). The number of oxime groups is 1. The van der Waals surface area contributed by atoms with Crippen LogP contribution in [0.2, 0.25) is 0 Å². The van der Waals surface area contributed by atoms with Crippen LogP contribution in [0.1, 0.15) is 43.1 Å². The van der Waals surface area contributed by atoms with Crippen LogP contribution < -0.4 is 5.32 Å². The Morgan fingerprint density at radius 2 is 2.11 bits per heavy atom. The van der Waals surface area contributed by atoms with Crippen molar-refractivity contribution in [2.45, 2.75) is 38.2 Å². The highest BCUT2D eigenvalue weighted by atomic mass is 32.2. The monoisotopic (exact) mass is 393 g/mol. The first-order chi connectivity index (χ1) is 12.6. The average molecular weight is 393 g/mol. The molecule has 1 aromatic rings. The standard InChI is InChI=1S/C18H23N3O5S/c1-5-20-18(23)13(9-19)17(22)12-6-7-15(27(4,24)25)16(11(12)3)14-8-10(2)21-26-14/h6-7,9,14,19,22H,5,8H2,1-4H3,(H,20,23). The second-order valence-electron chi connectivity index (χ2n) is 6.31. The van der Waals surface area contributed by atoms with Gasteiger partial charge in [-0.3, -0.25) is 4.79 Å². The molecule has 0 aromatic heterocycles. The third-order valence-electron chi connectivity index (χ3n) is 4.25. The van der Waals surface area contributed by atoms with Crippen LogP contribution in [0.5, 0.6) is 0 Å². The second-order valence-corrected chi connectivity index (χ2v) is 8.30. The van der Waals surface area contributed by atoms with Gasteiger partial charge in [-0.1, -0.05) is 5.16 Å². The van der Waals surface area contributed by atoms with Crippen LogP contribution >= 0.6 is 0 Å². The summed E-state index contributed by atoms with van der Waals surface area (Å²) in [5.41, 5.74) is 1.62. The molecule has 0 fully saturated rings. The molecule has 1 amide bonds. The number of nitrogens with zero attached hydrogens (tertiary/aromatic N) is 1. The predicted molar refractivity (Wildman–Crippen MR) is 103 cm³/mol. The molecule has 3 N–H and O–H groups in total. The Bertz CT molecular complexity index is 948. The van der Waals surface area contributed by atoms with E-state index in [-0.39, 0.29) is 16.0 Å². The molecular weight excluding hydrogens is 370 g/mol. The van der Waals surface area contributed by atoms with E-state index in [0.717, 1.165) is 18.2 Å². The number of sulfone groups is 1. The van der Waals surface area contributed by atoms with E-state index in [0.29, 0.717) is 24.1 Å². The fourth-order valence-electron chi connectivity index (χ4n) is 2.98. The molecule has 0 aliphatic carbocycles. The molecule has 0 spiro atoms. The van der Waals surface area contributed by atoms with E-state index in [1.54, 1.807) is 20.8 Å². The Labute approximate surface area is 158 Å². The SMILES string of the molecule is CCNC(=O)C(C=N)=C(O)c1ccc(S(C)(=O)=O)c(C2CC(C)=NO2)c1C. The van der Waals surface area contributed by atoms with Crippen molar-refractivity contribution >= 4 is 33.4 Å². The summed E-state index contributed by atoms with van der Waals surface area (Å²) in [6.45, 7) is 5.48. The van der Waals surface area contributed by atoms with E-state index in [4.69, 9.17) is 10.2 Å². The van der Waals surface area contributed by atoms with Gasteiger partial charge in [-0.25, -0.2) is 8.42 Å². The Kier molecular flexibility index (Phi) is 6.04. The lowest BCUT2D eigenvalue weighted by atomic mass is 9.93. The fraction of sp³-hybridized carbons (Fsp3) is 0.389. The number of hydrogen-bond donors (Lipinski definition) is 3. The van der Waals surface area contributed by atoms with Gasteiger partial charge in [0.25, 0.3) is 5.91 Å². The first-order valence-electron chi connectivity index (χ1n) is 8.36. The number of likely N-dealkylation sites (N-methyl/N-ethyl adjacent to an activating group) is 1. The van der Waals surface area contributed by atoms with Gasteiger partial charge in [0.15, 0.2) is 15.9 Å². The zero-order valence-electron chi connectivity index (χ0n) is 15.7. The van der Waals surface area contributed by atoms with Crippen LogP contribution in [0.15, 0.2) is 27.8 Å². The number of carbonyl (C=O) groups excluding carboxylic acids is 1. The van der Waals surface area contributed by atoms with Crippen LogP contribution in [0.4, 0.5) is 0 Å². The number of amides is 1. The van der Waals surface area contributed by atoms with E-state index in [1.807, 2.05) is 0 Å². The summed E-state index contributed by atoms with van der Waals surface area (Å²) in [7, 11) is -3.56. The number of carbonyl (C=O) groups is 1. The van der Waals surface area contributed by atoms with E-state index in [9.17, 15) is 18.3 Å². The van der Waals surface area contributed by atoms with Crippen molar-refractivity contribution in [2.75, 3.05) is 12.8 Å². The van der Waals surface area contributed by atoms with Gasteiger partial charge in [0.1, 0.15) is 5.76 Å². The van der Waals surface area contributed by atoms with E-state index >= 15 is 0 Å². The van der Waals surface area contributed by atoms with Gasteiger partial charge in [-0.15, -0.1) is 0 Å². The lowest BCUT2D eigenvalue weighted by molar-refractivity contribution is -0.116. The molecule has 146 valence electrons. The highest BCUT2D eigenvalue weighted by molar-refractivity contribution is 7.90. The molecule has 9 heteroatoms. The van der Waals surface area contributed by atoms with Gasteiger partial charge < -0.3 is 20.7 Å². The van der Waals surface area contributed by atoms with Gasteiger partial charge in [-0.05, 0) is 38.5 Å². The van der Waals surface area contributed by atoms with E-state index < -0.39 is 27.6 Å². The van der Waals surface area contributed by atoms with Crippen molar-refractivity contribution < 1.29 is 23.2 Å². The topological polar surface area (TPSA) is 129 Å². The number of hydrogen-bond acceptors (Lipinski definition) is 7. The highest BCUT2D eigenvalue weighted by Gasteiger charge is 2.30. The molecule has 0 saturated carbocycles. The Morgan fingerprint density at radius 3 is 2.59 bits per heavy atom. The Hall–Kier alpha value is -2.68. The predicted octanol–water partition coefficient (Wildman–Crippen LogP) is 2.29. The number of aliphatic hydroxyl groups is 1. The van der Waals surface area contributed by atoms with Crippen LogP contribution in [0.25, 0.3) is 5.76 Å². The van der Waals surface area contributed by atoms with Crippen LogP contribution in [0.3, 0.4) is 0 Å².